The second-order valence-electron chi connectivity index (χ2n) is 7.09. The van der Waals surface area contributed by atoms with Gasteiger partial charge in [0.05, 0.1) is 16.8 Å². The number of hydrazone groups is 1. The summed E-state index contributed by atoms with van der Waals surface area (Å²) in [5.74, 6) is -1.05. The smallest absolute Gasteiger partial charge is 0.287 e. The summed E-state index contributed by atoms with van der Waals surface area (Å²) in [4.78, 5) is 27.5. The number of nitrogens with zero attached hydrogens (tertiary/aromatic N) is 2. The van der Waals surface area contributed by atoms with Crippen LogP contribution in [0.15, 0.2) is 89.7 Å². The number of amides is 2. The number of rotatable bonds is 7. The zero-order valence-electron chi connectivity index (χ0n) is 17.7. The van der Waals surface area contributed by atoms with E-state index in [4.69, 9.17) is 11.6 Å². The van der Waals surface area contributed by atoms with Gasteiger partial charge in [-0.25, -0.2) is 5.43 Å². The maximum atomic E-state index is 12.8. The summed E-state index contributed by atoms with van der Waals surface area (Å²) in [6, 6.07) is 23.5. The molecule has 0 aromatic heterocycles. The van der Waals surface area contributed by atoms with Crippen LogP contribution in [0, 0.1) is 0 Å². The van der Waals surface area contributed by atoms with Gasteiger partial charge in [0.1, 0.15) is 5.70 Å². The summed E-state index contributed by atoms with van der Waals surface area (Å²) in [6.07, 6.45) is 3.11. The summed E-state index contributed by atoms with van der Waals surface area (Å²) >= 11 is 6.12. The third-order valence-electron chi connectivity index (χ3n) is 4.51. The maximum absolute atomic E-state index is 12.8. The van der Waals surface area contributed by atoms with E-state index in [1.54, 1.807) is 30.3 Å². The third-order valence-corrected chi connectivity index (χ3v) is 4.84. The lowest BCUT2D eigenvalue weighted by atomic mass is 10.1. The van der Waals surface area contributed by atoms with Crippen LogP contribution in [0.3, 0.4) is 0 Å². The van der Waals surface area contributed by atoms with Gasteiger partial charge >= 0.3 is 0 Å². The lowest BCUT2D eigenvalue weighted by Crippen LogP contribution is -2.33. The molecule has 0 radical (unpaired) electrons. The van der Waals surface area contributed by atoms with Gasteiger partial charge in [-0.05, 0) is 41.5 Å². The van der Waals surface area contributed by atoms with Crippen LogP contribution >= 0.6 is 11.6 Å². The van der Waals surface area contributed by atoms with Crippen molar-refractivity contribution in [3.8, 4) is 0 Å². The highest BCUT2D eigenvalue weighted by Crippen LogP contribution is 2.16. The first-order valence-electron chi connectivity index (χ1n) is 9.87. The second kappa shape index (κ2) is 10.9. The standard InChI is InChI=1S/C25H23ClN4O2/c1-30(2)20-14-12-19(13-15-20)17-27-29-25(32)23(16-18-8-4-3-5-9-18)28-24(31)21-10-6-7-11-22(21)26/h3-17H,1-2H3,(H,28,31)(H,29,32)/b23-16-,27-17-. The molecular formula is C25H23ClN4O2. The minimum atomic E-state index is -0.560. The Morgan fingerprint density at radius 2 is 1.53 bits per heavy atom. The Morgan fingerprint density at radius 1 is 0.875 bits per heavy atom. The maximum Gasteiger partial charge on any atom is 0.287 e. The zero-order chi connectivity index (χ0) is 22.9. The summed E-state index contributed by atoms with van der Waals surface area (Å²) in [5.41, 5.74) is 5.41. The average Bonchev–Trinajstić information content (AvgIpc) is 2.80. The van der Waals surface area contributed by atoms with Crippen LogP contribution in [0.1, 0.15) is 21.5 Å². The largest absolute Gasteiger partial charge is 0.378 e. The molecule has 0 aliphatic heterocycles. The number of benzene rings is 3. The van der Waals surface area contributed by atoms with Crippen LogP contribution in [-0.4, -0.2) is 32.1 Å². The van der Waals surface area contributed by atoms with E-state index in [1.165, 1.54) is 6.21 Å². The van der Waals surface area contributed by atoms with Crippen molar-refractivity contribution in [1.29, 1.82) is 0 Å². The van der Waals surface area contributed by atoms with Gasteiger partial charge in [0, 0.05) is 19.8 Å². The Labute approximate surface area is 192 Å². The molecular weight excluding hydrogens is 424 g/mol. The van der Waals surface area contributed by atoms with Crippen molar-refractivity contribution < 1.29 is 9.59 Å². The van der Waals surface area contributed by atoms with Crippen LogP contribution in [0.2, 0.25) is 5.02 Å². The number of hydrogen-bond acceptors (Lipinski definition) is 4. The van der Waals surface area contributed by atoms with Gasteiger partial charge in [-0.2, -0.15) is 5.10 Å². The molecule has 0 aliphatic carbocycles. The molecule has 0 fully saturated rings. The first kappa shape index (κ1) is 22.8. The van der Waals surface area contributed by atoms with Crippen molar-refractivity contribution in [2.24, 2.45) is 5.10 Å². The van der Waals surface area contributed by atoms with Gasteiger partial charge in [0.25, 0.3) is 11.8 Å². The molecule has 162 valence electrons. The van der Waals surface area contributed by atoms with Crippen LogP contribution in [0.25, 0.3) is 6.08 Å². The fourth-order valence-electron chi connectivity index (χ4n) is 2.79. The average molecular weight is 447 g/mol. The molecule has 3 aromatic carbocycles. The predicted molar refractivity (Wildman–Crippen MR) is 130 cm³/mol. The van der Waals surface area contributed by atoms with Crippen molar-refractivity contribution in [3.05, 3.63) is 106 Å². The van der Waals surface area contributed by atoms with Gasteiger partial charge in [-0.15, -0.1) is 0 Å². The molecule has 3 aromatic rings. The molecule has 0 unspecified atom stereocenters. The molecule has 3 rings (SSSR count). The van der Waals surface area contributed by atoms with Crippen LogP contribution in [-0.2, 0) is 4.79 Å². The summed E-state index contributed by atoms with van der Waals surface area (Å²) in [6.45, 7) is 0. The molecule has 0 bridgehead atoms. The molecule has 0 aliphatic rings. The summed E-state index contributed by atoms with van der Waals surface area (Å²) in [7, 11) is 3.92. The van der Waals surface area contributed by atoms with Gasteiger partial charge < -0.3 is 10.2 Å². The molecule has 32 heavy (non-hydrogen) atoms. The number of nitrogens with one attached hydrogen (secondary N) is 2. The summed E-state index contributed by atoms with van der Waals surface area (Å²) < 4.78 is 0. The lowest BCUT2D eigenvalue weighted by molar-refractivity contribution is -0.117. The van der Waals surface area contributed by atoms with E-state index in [0.29, 0.717) is 5.02 Å². The van der Waals surface area contributed by atoms with Crippen molar-refractivity contribution in [3.63, 3.8) is 0 Å². The molecule has 2 N–H and O–H groups in total. The molecule has 0 spiro atoms. The molecule has 7 heteroatoms. The Bertz CT molecular complexity index is 1140. The van der Waals surface area contributed by atoms with E-state index in [2.05, 4.69) is 15.8 Å². The van der Waals surface area contributed by atoms with Gasteiger partial charge in [-0.1, -0.05) is 66.2 Å². The van der Waals surface area contributed by atoms with Crippen molar-refractivity contribution in [2.45, 2.75) is 0 Å². The van der Waals surface area contributed by atoms with Crippen molar-refractivity contribution >= 4 is 41.4 Å². The minimum Gasteiger partial charge on any atom is -0.378 e. The van der Waals surface area contributed by atoms with Crippen LogP contribution in [0.4, 0.5) is 5.69 Å². The highest BCUT2D eigenvalue weighted by Gasteiger charge is 2.16. The Morgan fingerprint density at radius 3 is 2.19 bits per heavy atom. The second-order valence-corrected chi connectivity index (χ2v) is 7.49. The molecule has 0 heterocycles. The van der Waals surface area contributed by atoms with Crippen molar-refractivity contribution in [1.82, 2.24) is 10.7 Å². The van der Waals surface area contributed by atoms with E-state index >= 15 is 0 Å². The quantitative estimate of drug-likeness (QED) is 0.322. The Kier molecular flexibility index (Phi) is 7.78. The Balaban J connectivity index is 1.77. The normalized spacial score (nSPS) is 11.3. The van der Waals surface area contributed by atoms with Crippen LogP contribution < -0.4 is 15.6 Å². The molecule has 6 nitrogen and oxygen atoms in total. The molecule has 0 saturated carbocycles. The van der Waals surface area contributed by atoms with Gasteiger partial charge in [0.2, 0.25) is 0 Å². The van der Waals surface area contributed by atoms with E-state index in [0.717, 1.165) is 16.8 Å². The lowest BCUT2D eigenvalue weighted by Gasteiger charge is -2.11. The molecule has 0 atom stereocenters. The van der Waals surface area contributed by atoms with Gasteiger partial charge in [-0.3, -0.25) is 9.59 Å². The highest BCUT2D eigenvalue weighted by molar-refractivity contribution is 6.34. The van der Waals surface area contributed by atoms with E-state index in [9.17, 15) is 9.59 Å². The molecule has 2 amide bonds. The number of carbonyl (C=O) groups is 2. The first-order chi connectivity index (χ1) is 15.4. The minimum absolute atomic E-state index is 0.0428. The van der Waals surface area contributed by atoms with Crippen molar-refractivity contribution in [2.75, 3.05) is 19.0 Å². The number of anilines is 1. The monoisotopic (exact) mass is 446 g/mol. The zero-order valence-corrected chi connectivity index (χ0v) is 18.5. The van der Waals surface area contributed by atoms with E-state index in [-0.39, 0.29) is 11.3 Å². The number of halogens is 1. The summed E-state index contributed by atoms with van der Waals surface area (Å²) in [5, 5.41) is 6.95. The van der Waals surface area contributed by atoms with Gasteiger partial charge in [0.15, 0.2) is 0 Å². The SMILES string of the molecule is CN(C)c1ccc(/C=N\NC(=O)/C(=C/c2ccccc2)NC(=O)c2ccccc2Cl)cc1. The van der Waals surface area contributed by atoms with E-state index < -0.39 is 11.8 Å². The Hall–Kier alpha value is -3.90. The number of carbonyl (C=O) groups excluding carboxylic acids is 2. The molecule has 0 saturated heterocycles. The van der Waals surface area contributed by atoms with Crippen LogP contribution in [0.5, 0.6) is 0 Å². The fourth-order valence-corrected chi connectivity index (χ4v) is 3.02. The number of hydrogen-bond donors (Lipinski definition) is 2. The predicted octanol–water partition coefficient (Wildman–Crippen LogP) is 4.33. The topological polar surface area (TPSA) is 73.8 Å². The third kappa shape index (κ3) is 6.30. The fraction of sp³-hybridized carbons (Fsp3) is 0.0800. The highest BCUT2D eigenvalue weighted by atomic mass is 35.5. The van der Waals surface area contributed by atoms with E-state index in [1.807, 2.05) is 73.6 Å². The first-order valence-corrected chi connectivity index (χ1v) is 10.3.